The van der Waals surface area contributed by atoms with Crippen LogP contribution in [-0.2, 0) is 19.5 Å². The van der Waals surface area contributed by atoms with E-state index in [1.54, 1.807) is 0 Å². The first-order chi connectivity index (χ1) is 9.72. The highest BCUT2D eigenvalue weighted by Crippen LogP contribution is 2.34. The Balaban J connectivity index is 1.71. The van der Waals surface area contributed by atoms with Crippen molar-refractivity contribution in [2.45, 2.75) is 52.2 Å². The average Bonchev–Trinajstić information content (AvgIpc) is 3.27. The second-order valence-electron chi connectivity index (χ2n) is 6.01. The molecule has 20 heavy (non-hydrogen) atoms. The molecule has 0 amide bonds. The van der Waals surface area contributed by atoms with Crippen molar-refractivity contribution < 1.29 is 0 Å². The molecule has 0 bridgehead atoms. The van der Waals surface area contributed by atoms with Gasteiger partial charge in [0.25, 0.3) is 0 Å². The molecular weight excluding hydrogens is 316 g/mol. The minimum atomic E-state index is 0.714. The van der Waals surface area contributed by atoms with E-state index < -0.39 is 0 Å². The van der Waals surface area contributed by atoms with Crippen molar-refractivity contribution in [1.29, 1.82) is 0 Å². The third-order valence-corrected chi connectivity index (χ3v) is 5.46. The lowest BCUT2D eigenvalue weighted by molar-refractivity contribution is 0.177. The van der Waals surface area contributed by atoms with Crippen molar-refractivity contribution in [2.75, 3.05) is 19.6 Å². The molecule has 1 saturated heterocycles. The first-order valence-corrected chi connectivity index (χ1v) is 8.72. The minimum absolute atomic E-state index is 0.714. The Morgan fingerprint density at radius 1 is 1.35 bits per heavy atom. The van der Waals surface area contributed by atoms with Crippen LogP contribution in [-0.4, -0.2) is 40.4 Å². The first-order valence-electron chi connectivity index (χ1n) is 7.92. The van der Waals surface area contributed by atoms with E-state index >= 15 is 0 Å². The van der Waals surface area contributed by atoms with Crippen LogP contribution in [0.2, 0.25) is 0 Å². The van der Waals surface area contributed by atoms with Gasteiger partial charge in [-0.3, -0.25) is 9.58 Å². The molecule has 1 atom stereocenters. The molecular formula is C15H25BrN4. The lowest BCUT2D eigenvalue weighted by atomic mass is 10.1. The second-order valence-corrected chi connectivity index (χ2v) is 6.80. The molecule has 2 heterocycles. The highest BCUT2D eigenvalue weighted by molar-refractivity contribution is 9.10. The monoisotopic (exact) mass is 340 g/mol. The van der Waals surface area contributed by atoms with Crippen LogP contribution in [0.25, 0.3) is 0 Å². The molecule has 5 heteroatoms. The molecule has 112 valence electrons. The van der Waals surface area contributed by atoms with Crippen LogP contribution in [0.3, 0.4) is 0 Å². The van der Waals surface area contributed by atoms with E-state index in [4.69, 9.17) is 5.10 Å². The molecule has 1 unspecified atom stereocenters. The summed E-state index contributed by atoms with van der Waals surface area (Å²) in [6.07, 6.45) is 3.83. The number of rotatable bonds is 5. The molecule has 1 aromatic rings. The number of aryl methyl sites for hydroxylation is 2. The lowest BCUT2D eigenvalue weighted by Gasteiger charge is -2.34. The van der Waals surface area contributed by atoms with E-state index in [1.165, 1.54) is 35.2 Å². The zero-order valence-corrected chi connectivity index (χ0v) is 14.1. The van der Waals surface area contributed by atoms with Crippen molar-refractivity contribution in [3.63, 3.8) is 0 Å². The Morgan fingerprint density at radius 3 is 2.80 bits per heavy atom. The van der Waals surface area contributed by atoms with Crippen LogP contribution in [0.1, 0.15) is 38.1 Å². The maximum absolute atomic E-state index is 4.71. The number of hydrogen-bond acceptors (Lipinski definition) is 3. The predicted molar refractivity (Wildman–Crippen MR) is 84.8 cm³/mol. The molecule has 3 rings (SSSR count). The van der Waals surface area contributed by atoms with Gasteiger partial charge in [0.2, 0.25) is 0 Å². The normalized spacial score (nSPS) is 24.2. The van der Waals surface area contributed by atoms with Crippen molar-refractivity contribution in [3.8, 4) is 0 Å². The van der Waals surface area contributed by atoms with Gasteiger partial charge in [0.15, 0.2) is 0 Å². The van der Waals surface area contributed by atoms with Gasteiger partial charge in [0.05, 0.1) is 15.9 Å². The molecule has 2 fully saturated rings. The average molecular weight is 341 g/mol. The Morgan fingerprint density at radius 2 is 2.15 bits per heavy atom. The van der Waals surface area contributed by atoms with Crippen LogP contribution >= 0.6 is 15.9 Å². The summed E-state index contributed by atoms with van der Waals surface area (Å²) in [4.78, 5) is 2.59. The summed E-state index contributed by atoms with van der Waals surface area (Å²) in [7, 11) is 0. The Labute approximate surface area is 130 Å². The van der Waals surface area contributed by atoms with Gasteiger partial charge in [-0.15, -0.1) is 0 Å². The standard InChI is InChI=1S/C15H25BrN4/c1-3-12-15(16)14(20(4-2)18-12)10-19-8-7-17-13(9-19)11-5-6-11/h11,13,17H,3-10H2,1-2H3. The van der Waals surface area contributed by atoms with Gasteiger partial charge in [-0.05, 0) is 48.0 Å². The third kappa shape index (κ3) is 2.95. The van der Waals surface area contributed by atoms with Crippen molar-refractivity contribution in [3.05, 3.63) is 15.9 Å². The quantitative estimate of drug-likeness (QED) is 0.893. The molecule has 1 aliphatic heterocycles. The van der Waals surface area contributed by atoms with E-state index in [1.807, 2.05) is 0 Å². The fraction of sp³-hybridized carbons (Fsp3) is 0.800. The first kappa shape index (κ1) is 14.5. The maximum Gasteiger partial charge on any atom is 0.0767 e. The summed E-state index contributed by atoms with van der Waals surface area (Å²) in [5, 5.41) is 8.39. The number of nitrogens with zero attached hydrogens (tertiary/aromatic N) is 3. The van der Waals surface area contributed by atoms with Gasteiger partial charge in [-0.2, -0.15) is 5.10 Å². The zero-order chi connectivity index (χ0) is 14.1. The smallest absolute Gasteiger partial charge is 0.0767 e. The van der Waals surface area contributed by atoms with E-state index in [9.17, 15) is 0 Å². The molecule has 2 aliphatic rings. The summed E-state index contributed by atoms with van der Waals surface area (Å²) in [5.74, 6) is 0.934. The molecule has 4 nitrogen and oxygen atoms in total. The van der Waals surface area contributed by atoms with Crippen LogP contribution in [0.15, 0.2) is 4.47 Å². The second kappa shape index (κ2) is 6.16. The predicted octanol–water partition coefficient (Wildman–Crippen LogP) is 2.41. The van der Waals surface area contributed by atoms with Gasteiger partial charge in [-0.25, -0.2) is 0 Å². The largest absolute Gasteiger partial charge is 0.311 e. The topological polar surface area (TPSA) is 33.1 Å². The highest BCUT2D eigenvalue weighted by atomic mass is 79.9. The van der Waals surface area contributed by atoms with Crippen molar-refractivity contribution in [1.82, 2.24) is 20.0 Å². The van der Waals surface area contributed by atoms with Gasteiger partial charge in [0.1, 0.15) is 0 Å². The minimum Gasteiger partial charge on any atom is -0.311 e. The van der Waals surface area contributed by atoms with Gasteiger partial charge in [0, 0.05) is 38.8 Å². The lowest BCUT2D eigenvalue weighted by Crippen LogP contribution is -2.51. The summed E-state index contributed by atoms with van der Waals surface area (Å²) in [5.41, 5.74) is 2.54. The van der Waals surface area contributed by atoms with Gasteiger partial charge >= 0.3 is 0 Å². The number of nitrogens with one attached hydrogen (secondary N) is 1. The summed E-state index contributed by atoms with van der Waals surface area (Å²) < 4.78 is 3.39. The molecule has 1 aromatic heterocycles. The van der Waals surface area contributed by atoms with E-state index in [2.05, 4.69) is 44.7 Å². The fourth-order valence-electron chi connectivity index (χ4n) is 3.18. The third-order valence-electron chi connectivity index (χ3n) is 4.55. The molecule has 1 N–H and O–H groups in total. The van der Waals surface area contributed by atoms with E-state index in [0.29, 0.717) is 6.04 Å². The maximum atomic E-state index is 4.71. The summed E-state index contributed by atoms with van der Waals surface area (Å²) in [6.45, 7) is 9.77. The zero-order valence-electron chi connectivity index (χ0n) is 12.5. The van der Waals surface area contributed by atoms with Gasteiger partial charge in [-0.1, -0.05) is 6.92 Å². The van der Waals surface area contributed by atoms with E-state index in [-0.39, 0.29) is 0 Å². The molecule has 1 aliphatic carbocycles. The number of piperazine rings is 1. The van der Waals surface area contributed by atoms with Crippen LogP contribution in [0.5, 0.6) is 0 Å². The highest BCUT2D eigenvalue weighted by Gasteiger charge is 2.34. The SMILES string of the molecule is CCc1nn(CC)c(CN2CCNC(C3CC3)C2)c1Br. The number of hydrogen-bond donors (Lipinski definition) is 1. The molecule has 0 aromatic carbocycles. The number of halogens is 1. The van der Waals surface area contributed by atoms with Crippen molar-refractivity contribution in [2.24, 2.45) is 5.92 Å². The van der Waals surface area contributed by atoms with Crippen molar-refractivity contribution >= 4 is 15.9 Å². The Kier molecular flexibility index (Phi) is 4.48. The Hall–Kier alpha value is -0.390. The molecule has 1 saturated carbocycles. The molecule has 0 radical (unpaired) electrons. The van der Waals surface area contributed by atoms with Gasteiger partial charge < -0.3 is 5.32 Å². The molecule has 0 spiro atoms. The fourth-order valence-corrected chi connectivity index (χ4v) is 3.87. The summed E-state index contributed by atoms with van der Waals surface area (Å²) in [6, 6.07) is 0.714. The Bertz CT molecular complexity index is 467. The van der Waals surface area contributed by atoms with E-state index in [0.717, 1.165) is 38.5 Å². The van der Waals surface area contributed by atoms with Crippen LogP contribution < -0.4 is 5.32 Å². The van der Waals surface area contributed by atoms with Crippen LogP contribution in [0.4, 0.5) is 0 Å². The summed E-state index contributed by atoms with van der Waals surface area (Å²) >= 11 is 3.76. The van der Waals surface area contributed by atoms with Crippen LogP contribution in [0, 0.1) is 5.92 Å². The number of aromatic nitrogens is 2.